The van der Waals surface area contributed by atoms with Crippen LogP contribution in [0.25, 0.3) is 10.1 Å². The van der Waals surface area contributed by atoms with E-state index in [4.69, 9.17) is 4.74 Å². The van der Waals surface area contributed by atoms with Crippen molar-refractivity contribution in [3.63, 3.8) is 0 Å². The van der Waals surface area contributed by atoms with Gasteiger partial charge in [-0.15, -0.1) is 11.3 Å². The number of anilines is 2. The Kier molecular flexibility index (Phi) is 5.38. The largest absolute Gasteiger partial charge is 0.497 e. The van der Waals surface area contributed by atoms with Crippen molar-refractivity contribution in [2.45, 2.75) is 6.92 Å². The van der Waals surface area contributed by atoms with Crippen molar-refractivity contribution in [3.8, 4) is 5.75 Å². The van der Waals surface area contributed by atoms with Crippen LogP contribution in [0, 0.1) is 0 Å². The van der Waals surface area contributed by atoms with Gasteiger partial charge >= 0.3 is 0 Å². The third-order valence-corrected chi connectivity index (χ3v) is 7.11. The molecule has 6 nitrogen and oxygen atoms in total. The summed E-state index contributed by atoms with van der Waals surface area (Å²) in [5, 5.41) is 3.68. The number of hydrogen-bond acceptors (Lipinski definition) is 5. The molecule has 27 heavy (non-hydrogen) atoms. The molecule has 0 aliphatic rings. The average molecular weight is 405 g/mol. The van der Waals surface area contributed by atoms with Crippen LogP contribution in [0.4, 0.5) is 11.4 Å². The van der Waals surface area contributed by atoms with Gasteiger partial charge in [-0.25, -0.2) is 8.42 Å². The maximum absolute atomic E-state index is 12.5. The van der Waals surface area contributed by atoms with E-state index in [0.717, 1.165) is 10.1 Å². The van der Waals surface area contributed by atoms with Gasteiger partial charge in [-0.2, -0.15) is 0 Å². The quantitative estimate of drug-likeness (QED) is 0.675. The van der Waals surface area contributed by atoms with E-state index >= 15 is 0 Å². The first-order valence-electron chi connectivity index (χ1n) is 8.29. The molecule has 1 N–H and O–H groups in total. The van der Waals surface area contributed by atoms with Crippen LogP contribution >= 0.6 is 11.3 Å². The summed E-state index contributed by atoms with van der Waals surface area (Å²) in [7, 11) is -0.212. The molecule has 0 spiro atoms. The van der Waals surface area contributed by atoms with Gasteiger partial charge in [0.15, 0.2) is 0 Å². The molecule has 142 valence electrons. The number of carbonyl (C=O) groups excluding carboxylic acids is 1. The van der Waals surface area contributed by atoms with Crippen molar-refractivity contribution in [2.24, 2.45) is 0 Å². The Hall–Kier alpha value is -2.58. The Labute approximate surface area is 162 Å². The molecule has 0 saturated heterocycles. The van der Waals surface area contributed by atoms with Crippen LogP contribution in [0.3, 0.4) is 0 Å². The lowest BCUT2D eigenvalue weighted by Crippen LogP contribution is -2.27. The minimum Gasteiger partial charge on any atom is -0.497 e. The molecule has 0 bridgehead atoms. The lowest BCUT2D eigenvalue weighted by Gasteiger charge is -2.18. The monoisotopic (exact) mass is 404 g/mol. The normalized spacial score (nSPS) is 11.4. The zero-order chi connectivity index (χ0) is 19.6. The highest BCUT2D eigenvalue weighted by molar-refractivity contribution is 7.92. The van der Waals surface area contributed by atoms with E-state index in [0.29, 0.717) is 22.0 Å². The summed E-state index contributed by atoms with van der Waals surface area (Å²) < 4.78 is 31.4. The van der Waals surface area contributed by atoms with E-state index in [2.05, 4.69) is 5.32 Å². The smallest absolute Gasteiger partial charge is 0.265 e. The topological polar surface area (TPSA) is 75.7 Å². The maximum Gasteiger partial charge on any atom is 0.265 e. The Morgan fingerprint density at radius 3 is 2.48 bits per heavy atom. The number of amides is 1. The summed E-state index contributed by atoms with van der Waals surface area (Å²) >= 11 is 1.36. The molecular weight excluding hydrogens is 384 g/mol. The predicted molar refractivity (Wildman–Crippen MR) is 111 cm³/mol. The zero-order valence-electron chi connectivity index (χ0n) is 15.2. The molecule has 3 rings (SSSR count). The van der Waals surface area contributed by atoms with Crippen molar-refractivity contribution in [1.29, 1.82) is 0 Å². The number of sulfonamides is 1. The van der Waals surface area contributed by atoms with Crippen molar-refractivity contribution in [3.05, 3.63) is 53.4 Å². The summed E-state index contributed by atoms with van der Waals surface area (Å²) in [6.45, 7) is 1.61. The van der Waals surface area contributed by atoms with Crippen LogP contribution in [-0.4, -0.2) is 34.2 Å². The summed E-state index contributed by atoms with van der Waals surface area (Å²) in [5.74, 6) is 0.534. The number of nitrogens with zero attached hydrogens (tertiary/aromatic N) is 1. The second-order valence-corrected chi connectivity index (χ2v) is 9.26. The van der Waals surface area contributed by atoms with Crippen LogP contribution in [0.5, 0.6) is 5.75 Å². The van der Waals surface area contributed by atoms with Gasteiger partial charge in [-0.05, 0) is 60.8 Å². The first kappa shape index (κ1) is 19.2. The molecule has 0 saturated carbocycles. The highest BCUT2D eigenvalue weighted by atomic mass is 32.2. The fraction of sp³-hybridized carbons (Fsp3) is 0.211. The predicted octanol–water partition coefficient (Wildman–Crippen LogP) is 3.95. The van der Waals surface area contributed by atoms with Gasteiger partial charge in [0.1, 0.15) is 5.75 Å². The number of hydrogen-bond donors (Lipinski definition) is 1. The summed E-state index contributed by atoms with van der Waals surface area (Å²) in [6.07, 6.45) is 0. The SMILES string of the molecule is CCS(=O)(=O)N(C)c1ccc2sc(C(=O)Nc3ccc(OC)cc3)cc2c1. The van der Waals surface area contributed by atoms with Gasteiger partial charge in [0, 0.05) is 17.4 Å². The Bertz CT molecular complexity index is 1070. The van der Waals surface area contributed by atoms with Crippen LogP contribution in [0.15, 0.2) is 48.5 Å². The number of ether oxygens (including phenoxy) is 1. The van der Waals surface area contributed by atoms with Crippen LogP contribution < -0.4 is 14.4 Å². The van der Waals surface area contributed by atoms with Gasteiger partial charge in [0.25, 0.3) is 5.91 Å². The van der Waals surface area contributed by atoms with Gasteiger partial charge in [0.05, 0.1) is 23.4 Å². The molecule has 1 aromatic heterocycles. The standard InChI is InChI=1S/C19H20N2O4S2/c1-4-27(23,24)21(2)15-7-10-17-13(11-15)12-18(26-17)19(22)20-14-5-8-16(25-3)9-6-14/h5-12H,4H2,1-3H3,(H,20,22). The highest BCUT2D eigenvalue weighted by Gasteiger charge is 2.17. The van der Waals surface area contributed by atoms with Crippen molar-refractivity contribution < 1.29 is 17.9 Å². The van der Waals surface area contributed by atoms with E-state index in [1.807, 2.05) is 6.07 Å². The lowest BCUT2D eigenvalue weighted by molar-refractivity contribution is 0.103. The average Bonchev–Trinajstić information content (AvgIpc) is 3.11. The van der Waals surface area contributed by atoms with Crippen molar-refractivity contribution in [1.82, 2.24) is 0 Å². The van der Waals surface area contributed by atoms with E-state index in [1.54, 1.807) is 56.5 Å². The molecule has 1 heterocycles. The minimum absolute atomic E-state index is 0.0285. The van der Waals surface area contributed by atoms with Crippen LogP contribution in [-0.2, 0) is 10.0 Å². The molecular formula is C19H20N2O4S2. The number of methoxy groups -OCH3 is 1. The molecule has 0 unspecified atom stereocenters. The van der Waals surface area contributed by atoms with Crippen molar-refractivity contribution >= 4 is 48.7 Å². The van der Waals surface area contributed by atoms with E-state index in [-0.39, 0.29) is 11.7 Å². The molecule has 0 aliphatic heterocycles. The highest BCUT2D eigenvalue weighted by Crippen LogP contribution is 2.30. The number of carbonyl (C=O) groups is 1. The third-order valence-electron chi connectivity index (χ3n) is 4.22. The zero-order valence-corrected chi connectivity index (χ0v) is 16.9. The van der Waals surface area contributed by atoms with Crippen LogP contribution in [0.1, 0.15) is 16.6 Å². The molecule has 0 atom stereocenters. The second kappa shape index (κ2) is 7.58. The molecule has 8 heteroatoms. The molecule has 3 aromatic rings. The maximum atomic E-state index is 12.5. The van der Waals surface area contributed by atoms with E-state index in [1.165, 1.54) is 22.7 Å². The Morgan fingerprint density at radius 1 is 1.15 bits per heavy atom. The van der Waals surface area contributed by atoms with Gasteiger partial charge in [-0.3, -0.25) is 9.10 Å². The number of rotatable bonds is 6. The first-order chi connectivity index (χ1) is 12.8. The summed E-state index contributed by atoms with van der Waals surface area (Å²) in [4.78, 5) is 13.1. The molecule has 0 radical (unpaired) electrons. The summed E-state index contributed by atoms with van der Waals surface area (Å²) in [6, 6.07) is 14.2. The fourth-order valence-corrected chi connectivity index (χ4v) is 4.32. The van der Waals surface area contributed by atoms with Crippen molar-refractivity contribution in [2.75, 3.05) is 29.5 Å². The van der Waals surface area contributed by atoms with Gasteiger partial charge in [0.2, 0.25) is 10.0 Å². The number of benzene rings is 2. The Morgan fingerprint density at radius 2 is 1.85 bits per heavy atom. The lowest BCUT2D eigenvalue weighted by atomic mass is 10.2. The summed E-state index contributed by atoms with van der Waals surface area (Å²) in [5.41, 5.74) is 1.25. The van der Waals surface area contributed by atoms with Gasteiger partial charge in [-0.1, -0.05) is 0 Å². The first-order valence-corrected chi connectivity index (χ1v) is 10.7. The minimum atomic E-state index is -3.33. The molecule has 2 aromatic carbocycles. The fourth-order valence-electron chi connectivity index (χ4n) is 2.56. The molecule has 0 fully saturated rings. The Balaban J connectivity index is 1.84. The van der Waals surface area contributed by atoms with Crippen LogP contribution in [0.2, 0.25) is 0 Å². The third kappa shape index (κ3) is 4.06. The van der Waals surface area contributed by atoms with Gasteiger partial charge < -0.3 is 10.1 Å². The number of fused-ring (bicyclic) bond motifs is 1. The molecule has 0 aliphatic carbocycles. The molecule has 1 amide bonds. The second-order valence-electron chi connectivity index (χ2n) is 5.88. The number of thiophene rings is 1. The van der Waals surface area contributed by atoms with E-state index < -0.39 is 10.0 Å². The number of nitrogens with one attached hydrogen (secondary N) is 1. The van der Waals surface area contributed by atoms with E-state index in [9.17, 15) is 13.2 Å².